The second-order valence-electron chi connectivity index (χ2n) is 11.1. The van der Waals surface area contributed by atoms with Gasteiger partial charge < -0.3 is 28.1 Å². The van der Waals surface area contributed by atoms with Crippen molar-refractivity contribution in [3.05, 3.63) is 48.8 Å². The van der Waals surface area contributed by atoms with E-state index in [0.29, 0.717) is 36.9 Å². The molecule has 2 aliphatic rings. The summed E-state index contributed by atoms with van der Waals surface area (Å²) in [6.45, 7) is 15.5. The molecule has 0 N–H and O–H groups in total. The molecular weight excluding hydrogens is 682 g/mol. The monoisotopic (exact) mass is 736 g/mol. The van der Waals surface area contributed by atoms with Crippen molar-refractivity contribution in [3.63, 3.8) is 0 Å². The number of alkyl halides is 3. The van der Waals surface area contributed by atoms with Gasteiger partial charge in [0.2, 0.25) is 5.82 Å². The molecule has 1 saturated heterocycles. The van der Waals surface area contributed by atoms with E-state index in [9.17, 15) is 18.0 Å². The number of tetrazole rings is 1. The Balaban J connectivity index is 0.000000760. The molecule has 2 fully saturated rings. The molecule has 1 aliphatic heterocycles. The Morgan fingerprint density at radius 3 is 2.24 bits per heavy atom. The van der Waals surface area contributed by atoms with E-state index in [0.717, 1.165) is 50.6 Å². The highest BCUT2D eigenvalue weighted by atomic mass is 32.2. The molecule has 11 nitrogen and oxygen atoms in total. The Morgan fingerprint density at radius 2 is 1.78 bits per heavy atom. The third-order valence-electron chi connectivity index (χ3n) is 6.86. The zero-order chi connectivity index (χ0) is 36.0. The lowest BCUT2D eigenvalue weighted by Gasteiger charge is -2.29. The van der Waals surface area contributed by atoms with Gasteiger partial charge in [0.15, 0.2) is 0 Å². The van der Waals surface area contributed by atoms with Gasteiger partial charge in [0, 0.05) is 51.9 Å². The van der Waals surface area contributed by atoms with E-state index in [1.165, 1.54) is 54.1 Å². The van der Waals surface area contributed by atoms with E-state index in [4.69, 9.17) is 8.92 Å². The number of ether oxygens (including phenoxy) is 3. The molecule has 1 aliphatic carbocycles. The van der Waals surface area contributed by atoms with Crippen molar-refractivity contribution in [3.8, 4) is 17.1 Å². The molecule has 49 heavy (non-hydrogen) atoms. The molecule has 1 aromatic carbocycles. The fourth-order valence-electron chi connectivity index (χ4n) is 3.84. The second-order valence-corrected chi connectivity index (χ2v) is 12.2. The molecule has 4 rings (SSSR count). The van der Waals surface area contributed by atoms with Gasteiger partial charge in [-0.05, 0) is 108 Å². The molecule has 280 valence electrons. The largest absolute Gasteiger partial charge is 0.573 e. The minimum absolute atomic E-state index is 0. The summed E-state index contributed by atoms with van der Waals surface area (Å²) < 4.78 is 57.2. The predicted octanol–water partition coefficient (Wildman–Crippen LogP) is 7.10. The standard InChI is InChI=1S/C15H17F3N4O2.C9H15NO.C6H13NOS.C3H8O.H2S/c1-3-11(2)23-10-4-9-22-20-14(19-21-22)12-5-7-13(8-6-12)24-15(16,17)18;11-7-8-3-5-10(6-4-8)9-1-2-9;1-5-6(2)8-9-7(3)4;1-3-4-2;/h3,5-8,11H,1,4,9-10H2,2H3;7-9H,1-6H2;5H,1-4H3;3H2,1-2H3;1H2/b;;6-5+;;. The number of carbonyl (C=O) groups excluding carboxylic acids is 1. The maximum Gasteiger partial charge on any atom is 0.573 e. The van der Waals surface area contributed by atoms with Gasteiger partial charge in [-0.3, -0.25) is 0 Å². The number of aryl methyl sites for hydroxylation is 1. The van der Waals surface area contributed by atoms with Gasteiger partial charge in [0.1, 0.15) is 30.0 Å². The fourth-order valence-corrected chi connectivity index (χ4v) is 4.21. The predicted molar refractivity (Wildman–Crippen MR) is 193 cm³/mol. The summed E-state index contributed by atoms with van der Waals surface area (Å²) in [5, 5.41) is 12.0. The summed E-state index contributed by atoms with van der Waals surface area (Å²) in [5.74, 6) is 1.33. The van der Waals surface area contributed by atoms with Crippen molar-refractivity contribution in [1.82, 2.24) is 29.4 Å². The lowest BCUT2D eigenvalue weighted by Crippen LogP contribution is -2.35. The molecule has 0 radical (unpaired) electrons. The number of aromatic nitrogens is 4. The maximum absolute atomic E-state index is 12.1. The maximum atomic E-state index is 12.1. The number of allylic oxidation sites excluding steroid dienone is 2. The quantitative estimate of drug-likeness (QED) is 0.0496. The fraction of sp³-hybridized carbons (Fsp3) is 0.636. The molecule has 0 bridgehead atoms. The highest BCUT2D eigenvalue weighted by Gasteiger charge is 2.32. The molecular formula is C33H55F3N6O5S2. The number of benzene rings is 1. The average molecular weight is 737 g/mol. The van der Waals surface area contributed by atoms with E-state index in [1.807, 2.05) is 52.2 Å². The zero-order valence-electron chi connectivity index (χ0n) is 29.8. The third-order valence-corrected chi connectivity index (χ3v) is 7.49. The molecule has 2 heterocycles. The molecule has 16 heteroatoms. The first kappa shape index (κ1) is 46.4. The SMILES string of the molecule is C/C=C(\C)OSN(C)C.C=CC(C)OCCCn1nnc(-c2ccc(OC(F)(F)F)cc2)n1.CCOC.O=CC1CCN(C2CC2)CC1.S. The van der Waals surface area contributed by atoms with Crippen LogP contribution in [0.25, 0.3) is 11.4 Å². The first-order valence-corrected chi connectivity index (χ1v) is 16.8. The van der Waals surface area contributed by atoms with Crippen LogP contribution in [-0.2, 0) is 25.0 Å². The molecule has 1 atom stereocenters. The van der Waals surface area contributed by atoms with E-state index in [1.54, 1.807) is 13.2 Å². The number of hydrogen-bond acceptors (Lipinski definition) is 11. The Kier molecular flexibility index (Phi) is 24.8. The van der Waals surface area contributed by atoms with Crippen LogP contribution in [0.5, 0.6) is 5.75 Å². The van der Waals surface area contributed by atoms with Gasteiger partial charge in [0.05, 0.1) is 12.6 Å². The summed E-state index contributed by atoms with van der Waals surface area (Å²) in [6.07, 6.45) is 5.72. The lowest BCUT2D eigenvalue weighted by atomic mass is 9.99. The summed E-state index contributed by atoms with van der Waals surface area (Å²) in [4.78, 5) is 14.4. The van der Waals surface area contributed by atoms with Crippen molar-refractivity contribution < 1.29 is 36.4 Å². The second kappa shape index (κ2) is 26.2. The van der Waals surface area contributed by atoms with Crippen LogP contribution in [0.1, 0.15) is 59.8 Å². The van der Waals surface area contributed by atoms with Gasteiger partial charge in [-0.1, -0.05) is 6.08 Å². The number of piperidine rings is 1. The Bertz CT molecular complexity index is 1170. The highest BCUT2D eigenvalue weighted by molar-refractivity contribution is 7.92. The van der Waals surface area contributed by atoms with Crippen LogP contribution in [0.3, 0.4) is 0 Å². The van der Waals surface area contributed by atoms with Crippen molar-refractivity contribution in [2.24, 2.45) is 5.92 Å². The van der Waals surface area contributed by atoms with Crippen molar-refractivity contribution in [2.75, 3.05) is 47.5 Å². The Morgan fingerprint density at radius 1 is 1.16 bits per heavy atom. The van der Waals surface area contributed by atoms with Crippen LogP contribution in [0, 0.1) is 5.92 Å². The van der Waals surface area contributed by atoms with Gasteiger partial charge in [-0.2, -0.15) is 18.3 Å². The van der Waals surface area contributed by atoms with Gasteiger partial charge in [-0.25, -0.2) is 4.31 Å². The van der Waals surface area contributed by atoms with E-state index >= 15 is 0 Å². The number of methoxy groups -OCH3 is 1. The third kappa shape index (κ3) is 22.7. The molecule has 1 saturated carbocycles. The number of carbonyl (C=O) groups is 1. The number of rotatable bonds is 14. The van der Waals surface area contributed by atoms with Crippen LogP contribution in [0.4, 0.5) is 13.2 Å². The minimum atomic E-state index is -4.71. The molecule has 1 aromatic heterocycles. The topological polar surface area (TPSA) is 104 Å². The van der Waals surface area contributed by atoms with Crippen LogP contribution in [0.15, 0.2) is 48.8 Å². The highest BCUT2D eigenvalue weighted by Crippen LogP contribution is 2.30. The van der Waals surface area contributed by atoms with Gasteiger partial charge in [0.25, 0.3) is 0 Å². The smallest absolute Gasteiger partial charge is 0.415 e. The van der Waals surface area contributed by atoms with Crippen molar-refractivity contribution >= 4 is 32.0 Å². The van der Waals surface area contributed by atoms with Crippen LogP contribution < -0.4 is 4.74 Å². The number of aldehydes is 1. The number of nitrogens with zero attached hydrogens (tertiary/aromatic N) is 6. The summed E-state index contributed by atoms with van der Waals surface area (Å²) in [5.41, 5.74) is 0.548. The van der Waals surface area contributed by atoms with Crippen molar-refractivity contribution in [2.45, 2.75) is 84.9 Å². The Labute approximate surface area is 301 Å². The Hall–Kier alpha value is -2.63. The molecule has 0 spiro atoms. The minimum Gasteiger partial charge on any atom is -0.415 e. The summed E-state index contributed by atoms with van der Waals surface area (Å²) in [7, 11) is 5.56. The first-order chi connectivity index (χ1) is 22.8. The molecule has 1 unspecified atom stereocenters. The number of likely N-dealkylation sites (tertiary alicyclic amines) is 1. The van der Waals surface area contributed by atoms with E-state index in [-0.39, 0.29) is 25.3 Å². The molecule has 2 aromatic rings. The molecule has 0 amide bonds. The zero-order valence-corrected chi connectivity index (χ0v) is 31.6. The lowest BCUT2D eigenvalue weighted by molar-refractivity contribution is -0.274. The summed E-state index contributed by atoms with van der Waals surface area (Å²) >= 11 is 1.33. The van der Waals surface area contributed by atoms with E-state index in [2.05, 4.69) is 36.4 Å². The van der Waals surface area contributed by atoms with E-state index < -0.39 is 6.36 Å². The number of halogens is 3. The van der Waals surface area contributed by atoms with Crippen LogP contribution in [0.2, 0.25) is 0 Å². The van der Waals surface area contributed by atoms with Crippen LogP contribution >= 0.6 is 25.7 Å². The first-order valence-electron chi connectivity index (χ1n) is 16.1. The van der Waals surface area contributed by atoms with Crippen molar-refractivity contribution in [1.29, 1.82) is 0 Å². The summed E-state index contributed by atoms with van der Waals surface area (Å²) in [6, 6.07) is 6.18. The average Bonchev–Trinajstić information content (AvgIpc) is 3.83. The van der Waals surface area contributed by atoms with Gasteiger partial charge >= 0.3 is 6.36 Å². The number of hydrogen-bond donors (Lipinski definition) is 0. The normalized spacial score (nSPS) is 15.6. The van der Waals surface area contributed by atoms with Gasteiger partial charge in [-0.15, -0.1) is 29.9 Å². The van der Waals surface area contributed by atoms with Crippen LogP contribution in [-0.4, -0.2) is 102 Å².